The Morgan fingerprint density at radius 2 is 1.74 bits per heavy atom. The van der Waals surface area contributed by atoms with E-state index in [1.807, 2.05) is 0 Å². The Labute approximate surface area is 202 Å². The van der Waals surface area contributed by atoms with Gasteiger partial charge in [0, 0.05) is 11.1 Å². The molecule has 2 amide bonds. The fraction of sp³-hybridized carbons (Fsp3) is 0.115. The molecule has 0 aliphatic carbocycles. The van der Waals surface area contributed by atoms with E-state index in [1.165, 1.54) is 26.5 Å². The van der Waals surface area contributed by atoms with Crippen molar-refractivity contribution in [3.05, 3.63) is 89.1 Å². The molecule has 1 aliphatic rings. The monoisotopic (exact) mass is 473 g/mol. The molecule has 0 saturated heterocycles. The molecule has 0 radical (unpaired) electrons. The lowest BCUT2D eigenvalue weighted by atomic mass is 10.1. The average molecular weight is 473 g/mol. The topological polar surface area (TPSA) is 107 Å². The molecule has 178 valence electrons. The molecule has 0 bridgehead atoms. The summed E-state index contributed by atoms with van der Waals surface area (Å²) in [7, 11) is 3.04. The molecule has 0 fully saturated rings. The third-order valence-electron chi connectivity index (χ3n) is 5.04. The zero-order valence-corrected chi connectivity index (χ0v) is 19.1. The molecule has 9 nitrogen and oxygen atoms in total. The fourth-order valence-electron chi connectivity index (χ4n) is 3.35. The lowest BCUT2D eigenvalue weighted by Gasteiger charge is -2.10. The van der Waals surface area contributed by atoms with Crippen LogP contribution in [0.25, 0.3) is 6.08 Å². The van der Waals surface area contributed by atoms with E-state index in [4.69, 9.17) is 18.9 Å². The number of amides is 2. The quantitative estimate of drug-likeness (QED) is 0.295. The number of hydrazone groups is 1. The number of nitrogens with one attached hydrogen (secondary N) is 2. The third-order valence-corrected chi connectivity index (χ3v) is 5.04. The van der Waals surface area contributed by atoms with Gasteiger partial charge in [-0.3, -0.25) is 9.59 Å². The highest BCUT2D eigenvalue weighted by Crippen LogP contribution is 2.33. The van der Waals surface area contributed by atoms with Gasteiger partial charge < -0.3 is 24.3 Å². The summed E-state index contributed by atoms with van der Waals surface area (Å²) in [5.74, 6) is 1.10. The van der Waals surface area contributed by atoms with Crippen LogP contribution in [0.5, 0.6) is 23.0 Å². The molecule has 1 aliphatic heterocycles. The SMILES string of the molecule is COc1cccc(C=NNC(=O)C(=Cc2ccc3c(c2)OCO3)NC(=O)c2ccccc2)c1OC. The van der Waals surface area contributed by atoms with Crippen molar-refractivity contribution in [2.75, 3.05) is 21.0 Å². The summed E-state index contributed by atoms with van der Waals surface area (Å²) in [6, 6.07) is 19.1. The van der Waals surface area contributed by atoms with Crippen molar-refractivity contribution in [1.29, 1.82) is 0 Å². The number of ether oxygens (including phenoxy) is 4. The number of para-hydroxylation sites is 1. The van der Waals surface area contributed by atoms with Crippen LogP contribution >= 0.6 is 0 Å². The van der Waals surface area contributed by atoms with E-state index in [2.05, 4.69) is 15.8 Å². The summed E-state index contributed by atoms with van der Waals surface area (Å²) in [6.07, 6.45) is 2.95. The second-order valence-corrected chi connectivity index (χ2v) is 7.27. The summed E-state index contributed by atoms with van der Waals surface area (Å²) in [6.45, 7) is 0.128. The van der Waals surface area contributed by atoms with Gasteiger partial charge in [0.1, 0.15) is 5.70 Å². The number of fused-ring (bicyclic) bond motifs is 1. The van der Waals surface area contributed by atoms with E-state index < -0.39 is 11.8 Å². The highest BCUT2D eigenvalue weighted by Gasteiger charge is 2.17. The van der Waals surface area contributed by atoms with Crippen molar-refractivity contribution in [3.8, 4) is 23.0 Å². The Hall–Kier alpha value is -4.79. The first-order valence-electron chi connectivity index (χ1n) is 10.6. The molecule has 0 aromatic heterocycles. The van der Waals surface area contributed by atoms with Crippen LogP contribution in [0, 0.1) is 0 Å². The average Bonchev–Trinajstić information content (AvgIpc) is 3.36. The summed E-state index contributed by atoms with van der Waals surface area (Å²) in [4.78, 5) is 25.7. The molecule has 0 spiro atoms. The van der Waals surface area contributed by atoms with Crippen LogP contribution in [0.2, 0.25) is 0 Å². The van der Waals surface area contributed by atoms with Gasteiger partial charge in [0.05, 0.1) is 20.4 Å². The first-order chi connectivity index (χ1) is 17.1. The maximum atomic E-state index is 13.0. The molecule has 2 N–H and O–H groups in total. The highest BCUT2D eigenvalue weighted by molar-refractivity contribution is 6.05. The van der Waals surface area contributed by atoms with E-state index in [-0.39, 0.29) is 12.5 Å². The van der Waals surface area contributed by atoms with Crippen LogP contribution in [0.15, 0.2) is 77.5 Å². The van der Waals surface area contributed by atoms with Gasteiger partial charge in [-0.05, 0) is 48.0 Å². The van der Waals surface area contributed by atoms with Gasteiger partial charge in [-0.25, -0.2) is 5.43 Å². The van der Waals surface area contributed by atoms with Crippen LogP contribution in [0.1, 0.15) is 21.5 Å². The second kappa shape index (κ2) is 10.9. The Morgan fingerprint density at radius 3 is 2.51 bits per heavy atom. The van der Waals surface area contributed by atoms with Gasteiger partial charge in [-0.1, -0.05) is 30.3 Å². The molecule has 3 aromatic carbocycles. The summed E-state index contributed by atoms with van der Waals surface area (Å²) < 4.78 is 21.4. The Morgan fingerprint density at radius 1 is 0.943 bits per heavy atom. The van der Waals surface area contributed by atoms with Gasteiger partial charge >= 0.3 is 0 Å². The molecule has 9 heteroatoms. The number of hydrogen-bond donors (Lipinski definition) is 2. The molecule has 0 unspecified atom stereocenters. The number of rotatable bonds is 8. The minimum Gasteiger partial charge on any atom is -0.493 e. The van der Waals surface area contributed by atoms with E-state index in [0.29, 0.717) is 39.7 Å². The van der Waals surface area contributed by atoms with Gasteiger partial charge in [0.25, 0.3) is 11.8 Å². The molecule has 0 saturated carbocycles. The third kappa shape index (κ3) is 5.59. The zero-order valence-electron chi connectivity index (χ0n) is 19.1. The predicted octanol–water partition coefficient (Wildman–Crippen LogP) is 3.35. The normalized spacial score (nSPS) is 12.3. The molecular weight excluding hydrogens is 450 g/mol. The number of carbonyl (C=O) groups excluding carboxylic acids is 2. The summed E-state index contributed by atoms with van der Waals surface area (Å²) in [5, 5.41) is 6.69. The highest BCUT2D eigenvalue weighted by atomic mass is 16.7. The van der Waals surface area contributed by atoms with Crippen molar-refractivity contribution in [3.63, 3.8) is 0 Å². The van der Waals surface area contributed by atoms with E-state index in [0.717, 1.165) is 0 Å². The molecule has 35 heavy (non-hydrogen) atoms. The first kappa shape index (κ1) is 23.4. The van der Waals surface area contributed by atoms with E-state index in [9.17, 15) is 9.59 Å². The van der Waals surface area contributed by atoms with Crippen LogP contribution in [0.4, 0.5) is 0 Å². The Kier molecular flexibility index (Phi) is 7.27. The van der Waals surface area contributed by atoms with Crippen molar-refractivity contribution < 1.29 is 28.5 Å². The van der Waals surface area contributed by atoms with E-state index in [1.54, 1.807) is 66.7 Å². The predicted molar refractivity (Wildman–Crippen MR) is 130 cm³/mol. The summed E-state index contributed by atoms with van der Waals surface area (Å²) >= 11 is 0. The minimum atomic E-state index is -0.620. The number of benzene rings is 3. The van der Waals surface area contributed by atoms with Crippen molar-refractivity contribution in [2.45, 2.75) is 0 Å². The zero-order chi connectivity index (χ0) is 24.6. The van der Waals surface area contributed by atoms with Crippen molar-refractivity contribution in [2.24, 2.45) is 5.10 Å². The van der Waals surface area contributed by atoms with Crippen LogP contribution < -0.4 is 29.7 Å². The number of nitrogens with zero attached hydrogens (tertiary/aromatic N) is 1. The van der Waals surface area contributed by atoms with Gasteiger partial charge in [-0.2, -0.15) is 5.10 Å². The van der Waals surface area contributed by atoms with Gasteiger partial charge in [0.2, 0.25) is 6.79 Å². The standard InChI is InChI=1S/C26H23N3O6/c1-32-22-10-6-9-19(24(22)33-2)15-27-29-26(31)20(28-25(30)18-7-4-3-5-8-18)13-17-11-12-21-23(14-17)35-16-34-21/h3-15H,16H2,1-2H3,(H,28,30)(H,29,31). The lowest BCUT2D eigenvalue weighted by Crippen LogP contribution is -2.32. The van der Waals surface area contributed by atoms with Crippen LogP contribution in [0.3, 0.4) is 0 Å². The Balaban J connectivity index is 1.57. The smallest absolute Gasteiger partial charge is 0.287 e. The number of hydrogen-bond acceptors (Lipinski definition) is 7. The molecule has 4 rings (SSSR count). The summed E-state index contributed by atoms with van der Waals surface area (Å²) in [5.41, 5.74) is 4.07. The van der Waals surface area contributed by atoms with Gasteiger partial charge in [0.15, 0.2) is 23.0 Å². The minimum absolute atomic E-state index is 0.00697. The maximum Gasteiger partial charge on any atom is 0.287 e. The number of carbonyl (C=O) groups is 2. The maximum absolute atomic E-state index is 13.0. The van der Waals surface area contributed by atoms with Crippen LogP contribution in [-0.4, -0.2) is 39.0 Å². The van der Waals surface area contributed by atoms with Crippen molar-refractivity contribution >= 4 is 24.1 Å². The van der Waals surface area contributed by atoms with Gasteiger partial charge in [-0.15, -0.1) is 0 Å². The molecule has 3 aromatic rings. The lowest BCUT2D eigenvalue weighted by molar-refractivity contribution is -0.117. The fourth-order valence-corrected chi connectivity index (χ4v) is 3.35. The van der Waals surface area contributed by atoms with Crippen molar-refractivity contribution in [1.82, 2.24) is 10.7 Å². The largest absolute Gasteiger partial charge is 0.493 e. The first-order valence-corrected chi connectivity index (χ1v) is 10.6. The number of methoxy groups -OCH3 is 2. The van der Waals surface area contributed by atoms with Crippen LogP contribution in [-0.2, 0) is 4.79 Å². The molecular formula is C26H23N3O6. The second-order valence-electron chi connectivity index (χ2n) is 7.27. The molecule has 1 heterocycles. The van der Waals surface area contributed by atoms with E-state index >= 15 is 0 Å². The molecule has 0 atom stereocenters. The Bertz CT molecular complexity index is 1290.